The van der Waals surface area contributed by atoms with Crippen molar-refractivity contribution in [3.05, 3.63) is 207 Å². The van der Waals surface area contributed by atoms with Crippen molar-refractivity contribution in [1.82, 2.24) is 9.80 Å². The molecule has 0 aliphatic carbocycles. The van der Waals surface area contributed by atoms with E-state index >= 15 is 0 Å². The van der Waals surface area contributed by atoms with Crippen LogP contribution in [-0.4, -0.2) is 50.3 Å². The summed E-state index contributed by atoms with van der Waals surface area (Å²) in [6, 6.07) is 43.5. The van der Waals surface area contributed by atoms with E-state index < -0.39 is 35.5 Å². The monoisotopic (exact) mass is 1020 g/mol. The van der Waals surface area contributed by atoms with Gasteiger partial charge in [-0.15, -0.1) is 0 Å². The van der Waals surface area contributed by atoms with Gasteiger partial charge in [0.2, 0.25) is 0 Å². The Labute approximate surface area is 437 Å². The van der Waals surface area contributed by atoms with Gasteiger partial charge in [0.05, 0.1) is 5.56 Å². The number of rotatable bonds is 20. The summed E-state index contributed by atoms with van der Waals surface area (Å²) in [6.07, 6.45) is 7.29. The molecule has 2 amide bonds. The summed E-state index contributed by atoms with van der Waals surface area (Å²) in [4.78, 5) is 49.5. The lowest BCUT2D eigenvalue weighted by Crippen LogP contribution is -2.37. The number of carboxylic acids is 2. The number of carboxylic acid groups (broad SMARTS) is 2. The van der Waals surface area contributed by atoms with E-state index in [1.165, 1.54) is 62.0 Å². The standard InChI is InChI=1S/C32H24F3NO4.C29H36ClNO3/c33-32(34,35)28-16-12-26(13-17-28)21-36(30(37)31(38)39)20-25-10-8-23(9-11-25)6-7-24-14-18-29(19-15-24)40-22-27-4-2-1-3-5-27;1-2-3-4-5-6-7-8-9-10-11-13-24-16-18-26(19-17-24)23-31(28(32)29(33)34)21-20-25-14-12-15-27(30)22-25/h1-5,8-19H,20-22H2,(H,38,39);12,14-19,22H,2-10,20-21,23H2,1H3,(H,33,34). The molecule has 0 bridgehead atoms. The summed E-state index contributed by atoms with van der Waals surface area (Å²) in [7, 11) is 0. The first-order valence-electron chi connectivity index (χ1n) is 24.6. The van der Waals surface area contributed by atoms with Crippen molar-refractivity contribution in [3.8, 4) is 29.4 Å². The van der Waals surface area contributed by atoms with Crippen molar-refractivity contribution in [2.24, 2.45) is 0 Å². The topological polar surface area (TPSA) is 124 Å². The molecule has 0 heterocycles. The van der Waals surface area contributed by atoms with Crippen LogP contribution in [0.2, 0.25) is 5.02 Å². The van der Waals surface area contributed by atoms with Gasteiger partial charge in [0.15, 0.2) is 0 Å². The number of carbonyl (C=O) groups excluding carboxylic acids is 2. The highest BCUT2D eigenvalue weighted by atomic mass is 35.5. The zero-order chi connectivity index (χ0) is 53.1. The highest BCUT2D eigenvalue weighted by molar-refractivity contribution is 6.32. The van der Waals surface area contributed by atoms with Crippen LogP contribution >= 0.6 is 11.6 Å². The number of hydrogen-bond donors (Lipinski definition) is 2. The number of alkyl halides is 3. The molecule has 0 aromatic heterocycles. The highest BCUT2D eigenvalue weighted by Crippen LogP contribution is 2.29. The summed E-state index contributed by atoms with van der Waals surface area (Å²) in [6.45, 7) is 3.05. The summed E-state index contributed by atoms with van der Waals surface area (Å²) in [5, 5.41) is 19.0. The fourth-order valence-corrected chi connectivity index (χ4v) is 7.77. The smallest absolute Gasteiger partial charge is 0.416 e. The number of amides is 2. The van der Waals surface area contributed by atoms with E-state index in [1.54, 1.807) is 30.3 Å². The number of aliphatic carboxylic acids is 2. The molecule has 74 heavy (non-hydrogen) atoms. The second kappa shape index (κ2) is 30.3. The van der Waals surface area contributed by atoms with Crippen LogP contribution in [0.15, 0.2) is 152 Å². The molecular weight excluding hydrogens is 965 g/mol. The van der Waals surface area contributed by atoms with Gasteiger partial charge in [-0.05, 0) is 113 Å². The van der Waals surface area contributed by atoms with Gasteiger partial charge in [-0.25, -0.2) is 9.59 Å². The normalized spacial score (nSPS) is 10.6. The van der Waals surface area contributed by atoms with Crippen LogP contribution in [0.3, 0.4) is 0 Å². The van der Waals surface area contributed by atoms with Crippen LogP contribution in [0, 0.1) is 23.7 Å². The van der Waals surface area contributed by atoms with E-state index in [0.717, 1.165) is 63.4 Å². The Morgan fingerprint density at radius 1 is 0.541 bits per heavy atom. The van der Waals surface area contributed by atoms with Crippen molar-refractivity contribution in [1.29, 1.82) is 0 Å². The number of unbranched alkanes of at least 4 members (excludes halogenated alkanes) is 8. The molecule has 0 spiro atoms. The first-order valence-corrected chi connectivity index (χ1v) is 24.9. The molecule has 6 aromatic carbocycles. The van der Waals surface area contributed by atoms with Crippen LogP contribution < -0.4 is 4.74 Å². The van der Waals surface area contributed by atoms with E-state index in [0.29, 0.717) is 41.3 Å². The third-order valence-electron chi connectivity index (χ3n) is 11.7. The van der Waals surface area contributed by atoms with E-state index in [2.05, 4.69) is 30.6 Å². The SMILES string of the molecule is CCCCCCCCCCC#Cc1ccc(CN(CCc2cccc(Cl)c2)C(=O)C(=O)O)cc1.O=C(O)C(=O)N(Cc1ccc(C#Cc2ccc(OCc3ccccc3)cc2)cc1)Cc1ccc(C(F)(F)F)cc1. The molecule has 384 valence electrons. The van der Waals surface area contributed by atoms with Crippen molar-refractivity contribution >= 4 is 35.4 Å². The minimum absolute atomic E-state index is 0.0374. The number of carbonyl (C=O) groups is 4. The first kappa shape index (κ1) is 57.1. The van der Waals surface area contributed by atoms with Crippen LogP contribution in [0.5, 0.6) is 5.75 Å². The molecule has 0 unspecified atom stereocenters. The molecule has 2 N–H and O–H groups in total. The van der Waals surface area contributed by atoms with Gasteiger partial charge in [0.25, 0.3) is 0 Å². The second-order valence-corrected chi connectivity index (χ2v) is 18.0. The Morgan fingerprint density at radius 3 is 1.54 bits per heavy atom. The highest BCUT2D eigenvalue weighted by Gasteiger charge is 2.30. The molecular formula is C61H60ClF3N2O7. The van der Waals surface area contributed by atoms with E-state index in [4.69, 9.17) is 16.3 Å². The first-order chi connectivity index (χ1) is 35.7. The Hall–Kier alpha value is -7.80. The molecule has 0 radical (unpaired) electrons. The number of benzene rings is 6. The number of ether oxygens (including phenoxy) is 1. The second-order valence-electron chi connectivity index (χ2n) is 17.5. The largest absolute Gasteiger partial charge is 0.489 e. The van der Waals surface area contributed by atoms with Crippen molar-refractivity contribution in [2.45, 2.75) is 104 Å². The number of nitrogens with zero attached hydrogens (tertiary/aromatic N) is 2. The third kappa shape index (κ3) is 20.7. The summed E-state index contributed by atoms with van der Waals surface area (Å²) < 4.78 is 44.3. The van der Waals surface area contributed by atoms with E-state index in [-0.39, 0.29) is 19.6 Å². The maximum atomic E-state index is 12.8. The van der Waals surface area contributed by atoms with Crippen LogP contribution in [0.1, 0.15) is 115 Å². The average Bonchev–Trinajstić information content (AvgIpc) is 3.40. The van der Waals surface area contributed by atoms with Crippen LogP contribution in [-0.2, 0) is 58.0 Å². The van der Waals surface area contributed by atoms with Gasteiger partial charge in [-0.2, -0.15) is 13.2 Å². The Morgan fingerprint density at radius 2 is 1.01 bits per heavy atom. The van der Waals surface area contributed by atoms with Gasteiger partial charge < -0.3 is 24.7 Å². The Balaban J connectivity index is 0.000000278. The maximum Gasteiger partial charge on any atom is 0.416 e. The number of halogens is 4. The molecule has 0 atom stereocenters. The Kier molecular flexibility index (Phi) is 23.4. The van der Waals surface area contributed by atoms with E-state index in [1.807, 2.05) is 97.1 Å². The predicted molar refractivity (Wildman–Crippen MR) is 282 cm³/mol. The van der Waals surface area contributed by atoms with Crippen molar-refractivity contribution in [3.63, 3.8) is 0 Å². The fraction of sp³-hybridized carbons (Fsp3) is 0.279. The molecule has 6 aromatic rings. The lowest BCUT2D eigenvalue weighted by Gasteiger charge is -2.21. The molecule has 0 saturated heterocycles. The molecule has 0 fully saturated rings. The molecule has 6 rings (SSSR count). The summed E-state index contributed by atoms with van der Waals surface area (Å²) in [5.74, 6) is 8.16. The van der Waals surface area contributed by atoms with Gasteiger partial charge in [-0.3, -0.25) is 9.59 Å². The fourth-order valence-electron chi connectivity index (χ4n) is 7.56. The van der Waals surface area contributed by atoms with Gasteiger partial charge >= 0.3 is 29.9 Å². The maximum absolute atomic E-state index is 12.8. The Bertz CT molecular complexity index is 2850. The molecule has 0 aliphatic heterocycles. The molecule has 0 saturated carbocycles. The van der Waals surface area contributed by atoms with Gasteiger partial charge in [0.1, 0.15) is 12.4 Å². The van der Waals surface area contributed by atoms with Gasteiger partial charge in [-0.1, -0.05) is 166 Å². The minimum Gasteiger partial charge on any atom is -0.489 e. The lowest BCUT2D eigenvalue weighted by atomic mass is 10.1. The molecule has 9 nitrogen and oxygen atoms in total. The number of hydrogen-bond acceptors (Lipinski definition) is 5. The molecule has 13 heteroatoms. The van der Waals surface area contributed by atoms with Crippen LogP contribution in [0.4, 0.5) is 13.2 Å². The quantitative estimate of drug-likeness (QED) is 0.0443. The van der Waals surface area contributed by atoms with Crippen molar-refractivity contribution in [2.75, 3.05) is 6.54 Å². The average molecular weight is 1030 g/mol. The van der Waals surface area contributed by atoms with Crippen LogP contribution in [0.25, 0.3) is 0 Å². The summed E-state index contributed by atoms with van der Waals surface area (Å²) >= 11 is 6.02. The van der Waals surface area contributed by atoms with Crippen molar-refractivity contribution < 1.29 is 47.3 Å². The van der Waals surface area contributed by atoms with E-state index in [9.17, 15) is 42.6 Å². The zero-order valence-electron chi connectivity index (χ0n) is 41.4. The molecule has 0 aliphatic rings. The minimum atomic E-state index is -4.49. The van der Waals surface area contributed by atoms with Gasteiger partial charge in [0, 0.05) is 54.3 Å². The lowest BCUT2D eigenvalue weighted by molar-refractivity contribution is -0.156. The summed E-state index contributed by atoms with van der Waals surface area (Å²) in [5.41, 5.74) is 5.54. The third-order valence-corrected chi connectivity index (χ3v) is 11.9. The zero-order valence-corrected chi connectivity index (χ0v) is 42.1. The predicted octanol–water partition coefficient (Wildman–Crippen LogP) is 13.2.